The fourth-order valence-electron chi connectivity index (χ4n) is 2.14. The van der Waals surface area contributed by atoms with Crippen LogP contribution in [-0.2, 0) is 0 Å². The second-order valence-corrected chi connectivity index (χ2v) is 5.07. The lowest BCUT2D eigenvalue weighted by Crippen LogP contribution is -2.13. The molecule has 1 aromatic heterocycles. The molecule has 5 nitrogen and oxygen atoms in total. The van der Waals surface area contributed by atoms with Crippen molar-refractivity contribution in [2.24, 2.45) is 0 Å². The summed E-state index contributed by atoms with van der Waals surface area (Å²) in [7, 11) is 3.93. The van der Waals surface area contributed by atoms with E-state index in [0.29, 0.717) is 5.56 Å². The monoisotopic (exact) mass is 280 g/mol. The maximum Gasteiger partial charge on any atom is 0.255 e. The number of amides is 1. The molecule has 5 heteroatoms. The van der Waals surface area contributed by atoms with E-state index >= 15 is 0 Å². The van der Waals surface area contributed by atoms with E-state index in [0.717, 1.165) is 22.3 Å². The van der Waals surface area contributed by atoms with Gasteiger partial charge in [-0.1, -0.05) is 12.1 Å². The van der Waals surface area contributed by atoms with Gasteiger partial charge in [0.1, 0.15) is 0 Å². The number of hydrogen-bond donors (Lipinski definition) is 2. The minimum Gasteiger partial charge on any atom is -0.378 e. The molecule has 1 heterocycles. The van der Waals surface area contributed by atoms with Crippen LogP contribution in [0.2, 0.25) is 0 Å². The maximum atomic E-state index is 12.3. The van der Waals surface area contributed by atoms with E-state index < -0.39 is 0 Å². The van der Waals surface area contributed by atoms with Crippen molar-refractivity contribution in [2.45, 2.75) is 0 Å². The van der Waals surface area contributed by atoms with Crippen molar-refractivity contribution in [3.63, 3.8) is 0 Å². The van der Waals surface area contributed by atoms with Crippen molar-refractivity contribution in [1.82, 2.24) is 10.2 Å². The molecule has 0 aliphatic carbocycles. The van der Waals surface area contributed by atoms with Crippen LogP contribution in [0, 0.1) is 0 Å². The quantitative estimate of drug-likeness (QED) is 0.775. The number of anilines is 2. The van der Waals surface area contributed by atoms with Crippen molar-refractivity contribution < 1.29 is 4.79 Å². The van der Waals surface area contributed by atoms with Gasteiger partial charge in [-0.05, 0) is 30.3 Å². The molecule has 0 fully saturated rings. The van der Waals surface area contributed by atoms with Crippen LogP contribution >= 0.6 is 0 Å². The van der Waals surface area contributed by atoms with E-state index in [1.54, 1.807) is 18.3 Å². The molecule has 0 atom stereocenters. The third-order valence-corrected chi connectivity index (χ3v) is 3.32. The maximum absolute atomic E-state index is 12.3. The van der Waals surface area contributed by atoms with Gasteiger partial charge in [0.25, 0.3) is 5.91 Å². The number of carbonyl (C=O) groups excluding carboxylic acids is 1. The van der Waals surface area contributed by atoms with Gasteiger partial charge in [0.2, 0.25) is 0 Å². The Balaban J connectivity index is 1.83. The van der Waals surface area contributed by atoms with Crippen LogP contribution in [0.1, 0.15) is 10.4 Å². The Bertz CT molecular complexity index is 792. The molecule has 3 aromatic rings. The second-order valence-electron chi connectivity index (χ2n) is 5.07. The number of hydrogen-bond acceptors (Lipinski definition) is 3. The zero-order chi connectivity index (χ0) is 14.8. The second kappa shape index (κ2) is 5.28. The summed E-state index contributed by atoms with van der Waals surface area (Å²) in [6, 6.07) is 13.2. The van der Waals surface area contributed by atoms with Gasteiger partial charge in [-0.25, -0.2) is 0 Å². The Morgan fingerprint density at radius 3 is 2.86 bits per heavy atom. The Kier molecular flexibility index (Phi) is 3.31. The number of H-pyrrole nitrogens is 1. The number of nitrogens with one attached hydrogen (secondary N) is 2. The molecule has 0 aliphatic heterocycles. The minimum absolute atomic E-state index is 0.137. The molecule has 2 aromatic carbocycles. The molecule has 1 amide bonds. The summed E-state index contributed by atoms with van der Waals surface area (Å²) in [4.78, 5) is 14.3. The van der Waals surface area contributed by atoms with E-state index in [9.17, 15) is 4.79 Å². The number of nitrogens with zero attached hydrogens (tertiary/aromatic N) is 2. The van der Waals surface area contributed by atoms with Crippen LogP contribution in [0.15, 0.2) is 48.7 Å². The molecule has 0 bridgehead atoms. The summed E-state index contributed by atoms with van der Waals surface area (Å²) in [5.41, 5.74) is 3.26. The summed E-state index contributed by atoms with van der Waals surface area (Å²) in [5.74, 6) is -0.137. The van der Waals surface area contributed by atoms with Gasteiger partial charge in [0, 0.05) is 36.4 Å². The van der Waals surface area contributed by atoms with Gasteiger partial charge in [-0.3, -0.25) is 9.89 Å². The van der Waals surface area contributed by atoms with Crippen molar-refractivity contribution in [3.8, 4) is 0 Å². The normalized spacial score (nSPS) is 10.6. The molecular weight excluding hydrogens is 264 g/mol. The van der Waals surface area contributed by atoms with Crippen molar-refractivity contribution in [3.05, 3.63) is 54.2 Å². The van der Waals surface area contributed by atoms with E-state index in [4.69, 9.17) is 0 Å². The average Bonchev–Trinajstić information content (AvgIpc) is 2.94. The van der Waals surface area contributed by atoms with Crippen molar-refractivity contribution in [1.29, 1.82) is 0 Å². The lowest BCUT2D eigenvalue weighted by atomic mass is 10.1. The number of rotatable bonds is 3. The zero-order valence-electron chi connectivity index (χ0n) is 11.9. The standard InChI is InChI=1S/C16H16N4O/c1-20(2)14-5-3-4-13(9-14)18-16(21)11-6-7-12-10-17-19-15(12)8-11/h3-10H,1-2H3,(H,17,19)(H,18,21). The van der Waals surface area contributed by atoms with Gasteiger partial charge in [-0.15, -0.1) is 0 Å². The Morgan fingerprint density at radius 1 is 1.19 bits per heavy atom. The van der Waals surface area contributed by atoms with Crippen LogP contribution in [0.5, 0.6) is 0 Å². The third kappa shape index (κ3) is 2.72. The van der Waals surface area contributed by atoms with Crippen LogP contribution in [0.4, 0.5) is 11.4 Å². The third-order valence-electron chi connectivity index (χ3n) is 3.32. The first-order valence-electron chi connectivity index (χ1n) is 6.65. The first-order chi connectivity index (χ1) is 10.1. The van der Waals surface area contributed by atoms with Crippen LogP contribution < -0.4 is 10.2 Å². The number of aromatic nitrogens is 2. The molecule has 21 heavy (non-hydrogen) atoms. The fourth-order valence-corrected chi connectivity index (χ4v) is 2.14. The van der Waals surface area contributed by atoms with E-state index in [1.807, 2.05) is 49.3 Å². The lowest BCUT2D eigenvalue weighted by Gasteiger charge is -2.14. The molecule has 0 saturated carbocycles. The summed E-state index contributed by atoms with van der Waals surface area (Å²) in [6.45, 7) is 0. The molecule has 106 valence electrons. The topological polar surface area (TPSA) is 61.0 Å². The molecular formula is C16H16N4O. The van der Waals surface area contributed by atoms with Crippen molar-refractivity contribution in [2.75, 3.05) is 24.3 Å². The summed E-state index contributed by atoms with van der Waals surface area (Å²) < 4.78 is 0. The van der Waals surface area contributed by atoms with Gasteiger partial charge in [0.15, 0.2) is 0 Å². The Morgan fingerprint density at radius 2 is 2.05 bits per heavy atom. The lowest BCUT2D eigenvalue weighted by molar-refractivity contribution is 0.102. The number of carbonyl (C=O) groups is 1. The Labute approximate surface area is 122 Å². The molecule has 0 unspecified atom stereocenters. The molecule has 0 radical (unpaired) electrons. The number of aromatic amines is 1. The van der Waals surface area contributed by atoms with E-state index in [2.05, 4.69) is 15.5 Å². The molecule has 0 aliphatic rings. The smallest absolute Gasteiger partial charge is 0.255 e. The van der Waals surface area contributed by atoms with Gasteiger partial charge >= 0.3 is 0 Å². The highest BCUT2D eigenvalue weighted by Gasteiger charge is 2.08. The summed E-state index contributed by atoms with van der Waals surface area (Å²) >= 11 is 0. The molecule has 0 spiro atoms. The van der Waals surface area contributed by atoms with Gasteiger partial charge in [-0.2, -0.15) is 5.10 Å². The number of benzene rings is 2. The van der Waals surface area contributed by atoms with E-state index in [1.165, 1.54) is 0 Å². The zero-order valence-corrected chi connectivity index (χ0v) is 11.9. The molecule has 2 N–H and O–H groups in total. The SMILES string of the molecule is CN(C)c1cccc(NC(=O)c2ccc3cn[nH]c3c2)c1. The molecule has 0 saturated heterocycles. The predicted octanol–water partition coefficient (Wildman–Crippen LogP) is 2.88. The first kappa shape index (κ1) is 13.2. The fraction of sp³-hybridized carbons (Fsp3) is 0.125. The largest absolute Gasteiger partial charge is 0.378 e. The van der Waals surface area contributed by atoms with Crippen LogP contribution in [0.25, 0.3) is 10.9 Å². The number of fused-ring (bicyclic) bond motifs is 1. The predicted molar refractivity (Wildman–Crippen MR) is 84.8 cm³/mol. The van der Waals surface area contributed by atoms with E-state index in [-0.39, 0.29) is 5.91 Å². The summed E-state index contributed by atoms with van der Waals surface area (Å²) in [5, 5.41) is 10.7. The average molecular weight is 280 g/mol. The molecule has 3 rings (SSSR count). The highest BCUT2D eigenvalue weighted by atomic mass is 16.1. The van der Waals surface area contributed by atoms with Crippen LogP contribution in [0.3, 0.4) is 0 Å². The first-order valence-corrected chi connectivity index (χ1v) is 6.65. The van der Waals surface area contributed by atoms with Crippen molar-refractivity contribution >= 4 is 28.2 Å². The highest BCUT2D eigenvalue weighted by Crippen LogP contribution is 2.19. The Hall–Kier alpha value is -2.82. The van der Waals surface area contributed by atoms with Gasteiger partial charge < -0.3 is 10.2 Å². The summed E-state index contributed by atoms with van der Waals surface area (Å²) in [6.07, 6.45) is 1.73. The highest BCUT2D eigenvalue weighted by molar-refractivity contribution is 6.06. The van der Waals surface area contributed by atoms with Crippen LogP contribution in [-0.4, -0.2) is 30.2 Å². The minimum atomic E-state index is -0.137. The van der Waals surface area contributed by atoms with Gasteiger partial charge in [0.05, 0.1) is 11.7 Å².